The van der Waals surface area contributed by atoms with Crippen molar-refractivity contribution in [1.29, 1.82) is 0 Å². The van der Waals surface area contributed by atoms with Crippen molar-refractivity contribution in [3.8, 4) is 5.75 Å². The Morgan fingerprint density at radius 2 is 1.96 bits per heavy atom. The van der Waals surface area contributed by atoms with Crippen LogP contribution in [0.5, 0.6) is 5.75 Å². The highest BCUT2D eigenvalue weighted by Crippen LogP contribution is 2.32. The van der Waals surface area contributed by atoms with E-state index in [9.17, 15) is 4.79 Å². The van der Waals surface area contributed by atoms with Crippen molar-refractivity contribution < 1.29 is 9.53 Å². The molecule has 3 aromatic rings. The number of carbonyl (C=O) groups is 1. The number of thiazole rings is 1. The van der Waals surface area contributed by atoms with E-state index < -0.39 is 0 Å². The fraction of sp³-hybridized carbons (Fsp3) is 0.300. The fourth-order valence-corrected chi connectivity index (χ4v) is 4.32. The van der Waals surface area contributed by atoms with Crippen molar-refractivity contribution in [2.45, 2.75) is 18.8 Å². The number of nitrogens with zero attached hydrogens (tertiary/aromatic N) is 2. The minimum Gasteiger partial charge on any atom is -0.484 e. The summed E-state index contributed by atoms with van der Waals surface area (Å²) in [6.07, 6.45) is 2.10. The average Bonchev–Trinajstić information content (AvgIpc) is 3.11. The molecule has 2 heterocycles. The van der Waals surface area contributed by atoms with E-state index in [2.05, 4.69) is 12.1 Å². The van der Waals surface area contributed by atoms with Crippen LogP contribution in [0.15, 0.2) is 54.6 Å². The molecule has 0 N–H and O–H groups in total. The zero-order chi connectivity index (χ0) is 17.1. The van der Waals surface area contributed by atoms with E-state index in [0.717, 1.165) is 42.2 Å². The Hall–Kier alpha value is -2.40. The van der Waals surface area contributed by atoms with Crippen LogP contribution < -0.4 is 4.74 Å². The quantitative estimate of drug-likeness (QED) is 0.710. The predicted molar refractivity (Wildman–Crippen MR) is 100 cm³/mol. The van der Waals surface area contributed by atoms with Crippen LogP contribution in [0.1, 0.15) is 23.8 Å². The van der Waals surface area contributed by atoms with Gasteiger partial charge in [-0.3, -0.25) is 4.79 Å². The van der Waals surface area contributed by atoms with Crippen molar-refractivity contribution in [1.82, 2.24) is 9.88 Å². The Morgan fingerprint density at radius 3 is 2.80 bits per heavy atom. The highest BCUT2D eigenvalue weighted by Gasteiger charge is 2.27. The molecule has 1 saturated heterocycles. The summed E-state index contributed by atoms with van der Waals surface area (Å²) in [5.41, 5.74) is 1.05. The smallest absolute Gasteiger partial charge is 0.260 e. The van der Waals surface area contributed by atoms with Gasteiger partial charge in [-0.15, -0.1) is 11.3 Å². The molecule has 0 spiro atoms. The first kappa shape index (κ1) is 16.1. The number of piperidine rings is 1. The Balaban J connectivity index is 1.41. The monoisotopic (exact) mass is 352 g/mol. The third kappa shape index (κ3) is 3.66. The number of amides is 1. The molecular weight excluding hydrogens is 332 g/mol. The van der Waals surface area contributed by atoms with Crippen LogP contribution in [0, 0.1) is 0 Å². The first-order chi connectivity index (χ1) is 12.3. The SMILES string of the molecule is O=C(COc1ccccc1)N1CCCC(c2nc3ccccc3s2)C1. The van der Waals surface area contributed by atoms with E-state index in [0.29, 0.717) is 5.92 Å². The van der Waals surface area contributed by atoms with Crippen LogP contribution in [-0.2, 0) is 4.79 Å². The number of ether oxygens (including phenoxy) is 1. The number of hydrogen-bond donors (Lipinski definition) is 0. The average molecular weight is 352 g/mol. The third-order valence-corrected chi connectivity index (χ3v) is 5.74. The molecule has 0 radical (unpaired) electrons. The summed E-state index contributed by atoms with van der Waals surface area (Å²) in [6, 6.07) is 17.7. The van der Waals surface area contributed by atoms with Crippen molar-refractivity contribution in [2.75, 3.05) is 19.7 Å². The number of carbonyl (C=O) groups excluding carboxylic acids is 1. The summed E-state index contributed by atoms with van der Waals surface area (Å²) >= 11 is 1.75. The molecule has 0 saturated carbocycles. The molecule has 1 aliphatic rings. The summed E-state index contributed by atoms with van der Waals surface area (Å²) in [7, 11) is 0. The zero-order valence-electron chi connectivity index (χ0n) is 13.9. The number of fused-ring (bicyclic) bond motifs is 1. The first-order valence-electron chi connectivity index (χ1n) is 8.61. The minimum absolute atomic E-state index is 0.0506. The molecule has 1 aromatic heterocycles. The number of benzene rings is 2. The maximum atomic E-state index is 12.5. The number of para-hydroxylation sites is 2. The lowest BCUT2D eigenvalue weighted by molar-refractivity contribution is -0.134. The first-order valence-corrected chi connectivity index (χ1v) is 9.42. The van der Waals surface area contributed by atoms with Gasteiger partial charge in [0.1, 0.15) is 5.75 Å². The standard InChI is InChI=1S/C20H20N2O2S/c23-19(14-24-16-8-2-1-3-9-16)22-12-6-7-15(13-22)20-21-17-10-4-5-11-18(17)25-20/h1-5,8-11,15H,6-7,12-14H2. The molecule has 1 atom stereocenters. The Labute approximate surface area is 151 Å². The van der Waals surface area contributed by atoms with Crippen LogP contribution in [0.4, 0.5) is 0 Å². The third-order valence-electron chi connectivity index (χ3n) is 4.54. The normalized spacial score (nSPS) is 17.6. The summed E-state index contributed by atoms with van der Waals surface area (Å²) in [5, 5.41) is 1.14. The van der Waals surface area contributed by atoms with Gasteiger partial charge in [-0.2, -0.15) is 0 Å². The molecule has 1 unspecified atom stereocenters. The summed E-state index contributed by atoms with van der Waals surface area (Å²) in [5.74, 6) is 1.11. The fourth-order valence-electron chi connectivity index (χ4n) is 3.22. The highest BCUT2D eigenvalue weighted by atomic mass is 32.1. The number of aromatic nitrogens is 1. The van der Waals surface area contributed by atoms with Gasteiger partial charge in [0.25, 0.3) is 5.91 Å². The molecule has 1 aliphatic heterocycles. The van der Waals surface area contributed by atoms with Crippen molar-refractivity contribution >= 4 is 27.5 Å². The van der Waals surface area contributed by atoms with Crippen LogP contribution in [0.25, 0.3) is 10.2 Å². The molecule has 128 valence electrons. The van der Waals surface area contributed by atoms with Gasteiger partial charge in [-0.25, -0.2) is 4.98 Å². The van der Waals surface area contributed by atoms with Gasteiger partial charge in [0, 0.05) is 19.0 Å². The predicted octanol–water partition coefficient (Wildman–Crippen LogP) is 4.08. The molecule has 2 aromatic carbocycles. The second-order valence-corrected chi connectivity index (χ2v) is 7.36. The number of likely N-dealkylation sites (tertiary alicyclic amines) is 1. The van der Waals surface area contributed by atoms with Gasteiger partial charge in [0.05, 0.1) is 15.2 Å². The van der Waals surface area contributed by atoms with E-state index in [1.807, 2.05) is 47.4 Å². The van der Waals surface area contributed by atoms with E-state index in [4.69, 9.17) is 9.72 Å². The van der Waals surface area contributed by atoms with Gasteiger partial charge in [0.15, 0.2) is 6.61 Å². The lowest BCUT2D eigenvalue weighted by atomic mass is 9.99. The van der Waals surface area contributed by atoms with Gasteiger partial charge in [0.2, 0.25) is 0 Å². The molecule has 5 heteroatoms. The van der Waals surface area contributed by atoms with Gasteiger partial charge < -0.3 is 9.64 Å². The van der Waals surface area contributed by atoms with E-state index in [1.54, 1.807) is 11.3 Å². The summed E-state index contributed by atoms with van der Waals surface area (Å²) in [6.45, 7) is 1.63. The molecule has 1 amide bonds. The topological polar surface area (TPSA) is 42.4 Å². The molecule has 1 fully saturated rings. The summed E-state index contributed by atoms with van der Waals surface area (Å²) in [4.78, 5) is 19.2. The van der Waals surface area contributed by atoms with Crippen LogP contribution in [0.2, 0.25) is 0 Å². The van der Waals surface area contributed by atoms with Crippen molar-refractivity contribution in [2.24, 2.45) is 0 Å². The Bertz CT molecular complexity index is 829. The van der Waals surface area contributed by atoms with E-state index in [1.165, 1.54) is 4.70 Å². The van der Waals surface area contributed by atoms with Crippen molar-refractivity contribution in [3.05, 3.63) is 59.6 Å². The second kappa shape index (κ2) is 7.23. The van der Waals surface area contributed by atoms with Crippen molar-refractivity contribution in [3.63, 3.8) is 0 Å². The Kier molecular flexibility index (Phi) is 4.65. The zero-order valence-corrected chi connectivity index (χ0v) is 14.7. The lowest BCUT2D eigenvalue weighted by Gasteiger charge is -2.31. The van der Waals surface area contributed by atoms with Crippen LogP contribution >= 0.6 is 11.3 Å². The molecule has 0 bridgehead atoms. The molecule has 25 heavy (non-hydrogen) atoms. The number of hydrogen-bond acceptors (Lipinski definition) is 4. The molecule has 4 rings (SSSR count). The van der Waals surface area contributed by atoms with Crippen LogP contribution in [-0.4, -0.2) is 35.5 Å². The summed E-state index contributed by atoms with van der Waals surface area (Å²) < 4.78 is 6.82. The maximum absolute atomic E-state index is 12.5. The molecule has 4 nitrogen and oxygen atoms in total. The maximum Gasteiger partial charge on any atom is 0.260 e. The second-order valence-electron chi connectivity index (χ2n) is 6.30. The van der Waals surface area contributed by atoms with Crippen LogP contribution in [0.3, 0.4) is 0 Å². The van der Waals surface area contributed by atoms with Gasteiger partial charge in [-0.1, -0.05) is 30.3 Å². The van der Waals surface area contributed by atoms with E-state index >= 15 is 0 Å². The van der Waals surface area contributed by atoms with Gasteiger partial charge in [-0.05, 0) is 37.1 Å². The highest BCUT2D eigenvalue weighted by molar-refractivity contribution is 7.18. The van der Waals surface area contributed by atoms with Gasteiger partial charge >= 0.3 is 0 Å². The Morgan fingerprint density at radius 1 is 1.16 bits per heavy atom. The molecular formula is C20H20N2O2S. The minimum atomic E-state index is 0.0506. The lowest BCUT2D eigenvalue weighted by Crippen LogP contribution is -2.41. The number of rotatable bonds is 4. The van der Waals surface area contributed by atoms with E-state index in [-0.39, 0.29) is 12.5 Å². The molecule has 0 aliphatic carbocycles. The largest absolute Gasteiger partial charge is 0.484 e.